The number of hydrogen-bond acceptors (Lipinski definition) is 4. The molecule has 1 N–H and O–H groups in total. The molecule has 1 aromatic heterocycles. The molecule has 0 fully saturated rings. The summed E-state index contributed by atoms with van der Waals surface area (Å²) in [5.41, 5.74) is 3.11. The van der Waals surface area contributed by atoms with Gasteiger partial charge in [0.1, 0.15) is 17.7 Å². The van der Waals surface area contributed by atoms with Crippen LogP contribution in [0, 0.1) is 0 Å². The van der Waals surface area contributed by atoms with Crippen molar-refractivity contribution < 1.29 is 9.15 Å². The lowest BCUT2D eigenvalue weighted by Gasteiger charge is -2.27. The molecule has 3 rings (SSSR count). The first-order valence-corrected chi connectivity index (χ1v) is 6.19. The molecule has 18 heavy (non-hydrogen) atoms. The number of benzene rings is 1. The summed E-state index contributed by atoms with van der Waals surface area (Å²) in [7, 11) is 1.98. The summed E-state index contributed by atoms with van der Waals surface area (Å²) in [6.45, 7) is 1.73. The zero-order valence-electron chi connectivity index (χ0n) is 10.3. The van der Waals surface area contributed by atoms with Crippen LogP contribution in [0.5, 0.6) is 5.75 Å². The third kappa shape index (κ3) is 1.88. The maximum absolute atomic E-state index is 5.85. The van der Waals surface area contributed by atoms with E-state index in [-0.39, 0.29) is 0 Å². The van der Waals surface area contributed by atoms with Crippen molar-refractivity contribution >= 4 is 0 Å². The lowest BCUT2D eigenvalue weighted by Crippen LogP contribution is -2.23. The van der Waals surface area contributed by atoms with Gasteiger partial charge >= 0.3 is 0 Å². The van der Waals surface area contributed by atoms with Crippen LogP contribution in [0.1, 0.15) is 17.9 Å². The summed E-state index contributed by atoms with van der Waals surface area (Å²) >= 11 is 0. The lowest BCUT2D eigenvalue weighted by atomic mass is 9.90. The van der Waals surface area contributed by atoms with Gasteiger partial charge < -0.3 is 14.5 Å². The van der Waals surface area contributed by atoms with Crippen molar-refractivity contribution in [3.63, 3.8) is 0 Å². The van der Waals surface area contributed by atoms with Crippen LogP contribution in [0.3, 0.4) is 0 Å². The summed E-state index contributed by atoms with van der Waals surface area (Å²) in [4.78, 5) is 4.20. The molecular formula is C14H16N2O2. The Balaban J connectivity index is 2.06. The predicted molar refractivity (Wildman–Crippen MR) is 68.7 cm³/mol. The first-order valence-electron chi connectivity index (χ1n) is 6.19. The molecule has 0 radical (unpaired) electrons. The highest BCUT2D eigenvalue weighted by Gasteiger charge is 2.24. The van der Waals surface area contributed by atoms with Gasteiger partial charge in [0.25, 0.3) is 0 Å². The van der Waals surface area contributed by atoms with Gasteiger partial charge in [0, 0.05) is 18.0 Å². The van der Waals surface area contributed by atoms with Gasteiger partial charge in [-0.05, 0) is 25.1 Å². The Morgan fingerprint density at radius 1 is 1.44 bits per heavy atom. The number of oxazole rings is 1. The smallest absolute Gasteiger partial charge is 0.181 e. The summed E-state index contributed by atoms with van der Waals surface area (Å²) in [6, 6.07) is 6.22. The molecule has 4 nitrogen and oxygen atoms in total. The Morgan fingerprint density at radius 3 is 3.17 bits per heavy atom. The number of aromatic nitrogens is 1. The molecule has 2 aromatic rings. The highest BCUT2D eigenvalue weighted by atomic mass is 16.5. The van der Waals surface area contributed by atoms with Gasteiger partial charge in [-0.3, -0.25) is 0 Å². The average Bonchev–Trinajstić information content (AvgIpc) is 2.93. The third-order valence-corrected chi connectivity index (χ3v) is 3.36. The third-order valence-electron chi connectivity index (χ3n) is 3.36. The molecule has 0 aliphatic carbocycles. The standard InChI is InChI=1S/C14H16N2O2/c1-15-7-10-5-6-18-14-11(10)3-2-4-12(14)13-8-17-9-16-13/h2-4,8-10,15H,5-7H2,1H3. The molecule has 1 unspecified atom stereocenters. The Kier molecular flexibility index (Phi) is 3.02. The largest absolute Gasteiger partial charge is 0.493 e. The second kappa shape index (κ2) is 4.82. The van der Waals surface area contributed by atoms with E-state index < -0.39 is 0 Å². The van der Waals surface area contributed by atoms with Gasteiger partial charge in [0.05, 0.1) is 6.61 Å². The van der Waals surface area contributed by atoms with Gasteiger partial charge in [0.2, 0.25) is 0 Å². The van der Waals surface area contributed by atoms with Gasteiger partial charge in [-0.25, -0.2) is 4.98 Å². The van der Waals surface area contributed by atoms with E-state index in [4.69, 9.17) is 9.15 Å². The van der Waals surface area contributed by atoms with E-state index in [1.54, 1.807) is 6.26 Å². The highest BCUT2D eigenvalue weighted by molar-refractivity contribution is 5.69. The van der Waals surface area contributed by atoms with Crippen LogP contribution in [-0.4, -0.2) is 25.2 Å². The molecule has 1 atom stereocenters. The van der Waals surface area contributed by atoms with E-state index in [0.717, 1.165) is 36.6 Å². The molecule has 1 aromatic carbocycles. The SMILES string of the molecule is CNCC1CCOc2c(-c3cocn3)cccc21. The van der Waals surface area contributed by atoms with Crippen LogP contribution < -0.4 is 10.1 Å². The topological polar surface area (TPSA) is 47.3 Å². The summed E-state index contributed by atoms with van der Waals surface area (Å²) in [5, 5.41) is 3.24. The van der Waals surface area contributed by atoms with Crippen molar-refractivity contribution in [1.82, 2.24) is 10.3 Å². The number of nitrogens with one attached hydrogen (secondary N) is 1. The van der Waals surface area contributed by atoms with E-state index in [9.17, 15) is 0 Å². The van der Waals surface area contributed by atoms with Crippen LogP contribution in [0.25, 0.3) is 11.3 Å². The van der Waals surface area contributed by atoms with Crippen LogP contribution in [0.15, 0.2) is 35.3 Å². The molecule has 0 spiro atoms. The Hall–Kier alpha value is -1.81. The summed E-state index contributed by atoms with van der Waals surface area (Å²) in [6.07, 6.45) is 4.15. The minimum Gasteiger partial charge on any atom is -0.493 e. The summed E-state index contributed by atoms with van der Waals surface area (Å²) < 4.78 is 10.9. The molecule has 94 valence electrons. The van der Waals surface area contributed by atoms with Crippen molar-refractivity contribution in [2.75, 3.05) is 20.2 Å². The predicted octanol–water partition coefficient (Wildman–Crippen LogP) is 2.43. The molecule has 4 heteroatoms. The van der Waals surface area contributed by atoms with Crippen LogP contribution in [0.4, 0.5) is 0 Å². The molecule has 1 aliphatic rings. The zero-order valence-corrected chi connectivity index (χ0v) is 10.3. The second-order valence-corrected chi connectivity index (χ2v) is 4.49. The van der Waals surface area contributed by atoms with Gasteiger partial charge in [-0.15, -0.1) is 0 Å². The average molecular weight is 244 g/mol. The van der Waals surface area contributed by atoms with Crippen LogP contribution >= 0.6 is 0 Å². The van der Waals surface area contributed by atoms with E-state index in [2.05, 4.69) is 22.4 Å². The summed E-state index contributed by atoms with van der Waals surface area (Å²) in [5.74, 6) is 1.46. The lowest BCUT2D eigenvalue weighted by molar-refractivity contribution is 0.267. The van der Waals surface area contributed by atoms with E-state index in [1.165, 1.54) is 12.0 Å². The van der Waals surface area contributed by atoms with Crippen molar-refractivity contribution in [1.29, 1.82) is 0 Å². The highest BCUT2D eigenvalue weighted by Crippen LogP contribution is 2.40. The molecule has 0 saturated heterocycles. The monoisotopic (exact) mass is 244 g/mol. The van der Waals surface area contributed by atoms with Crippen molar-refractivity contribution in [3.8, 4) is 17.0 Å². The van der Waals surface area contributed by atoms with Gasteiger partial charge in [0.15, 0.2) is 6.39 Å². The van der Waals surface area contributed by atoms with Gasteiger partial charge in [-0.2, -0.15) is 0 Å². The molecular weight excluding hydrogens is 228 g/mol. The van der Waals surface area contributed by atoms with Crippen molar-refractivity contribution in [2.45, 2.75) is 12.3 Å². The molecule has 0 bridgehead atoms. The number of hydrogen-bond donors (Lipinski definition) is 1. The van der Waals surface area contributed by atoms with E-state index >= 15 is 0 Å². The second-order valence-electron chi connectivity index (χ2n) is 4.49. The Morgan fingerprint density at radius 2 is 2.39 bits per heavy atom. The molecule has 2 heterocycles. The van der Waals surface area contributed by atoms with Crippen LogP contribution in [-0.2, 0) is 0 Å². The quantitative estimate of drug-likeness (QED) is 0.900. The van der Waals surface area contributed by atoms with Gasteiger partial charge in [-0.1, -0.05) is 12.1 Å². The number of fused-ring (bicyclic) bond motifs is 1. The number of nitrogens with zero attached hydrogens (tertiary/aromatic N) is 1. The number of rotatable bonds is 3. The fourth-order valence-electron chi connectivity index (χ4n) is 2.50. The normalized spacial score (nSPS) is 18.2. The van der Waals surface area contributed by atoms with E-state index in [0.29, 0.717) is 5.92 Å². The number of ether oxygens (including phenoxy) is 1. The first kappa shape index (κ1) is 11.3. The minimum absolute atomic E-state index is 0.505. The molecule has 0 saturated carbocycles. The fraction of sp³-hybridized carbons (Fsp3) is 0.357. The van der Waals surface area contributed by atoms with Crippen molar-refractivity contribution in [3.05, 3.63) is 36.4 Å². The maximum Gasteiger partial charge on any atom is 0.181 e. The Bertz CT molecular complexity index is 523. The molecule has 0 amide bonds. The fourth-order valence-corrected chi connectivity index (χ4v) is 2.50. The zero-order chi connectivity index (χ0) is 12.4. The first-order chi connectivity index (χ1) is 8.90. The number of para-hydroxylation sites is 1. The van der Waals surface area contributed by atoms with E-state index in [1.807, 2.05) is 13.1 Å². The maximum atomic E-state index is 5.85. The molecule has 1 aliphatic heterocycles. The number of likely N-dealkylation sites (N-methyl/N-ethyl adjacent to an activating group) is 1. The van der Waals surface area contributed by atoms with Crippen molar-refractivity contribution in [2.24, 2.45) is 0 Å². The van der Waals surface area contributed by atoms with Crippen LogP contribution in [0.2, 0.25) is 0 Å². The Labute approximate surface area is 106 Å². The minimum atomic E-state index is 0.505.